The summed E-state index contributed by atoms with van der Waals surface area (Å²) in [7, 11) is -3.53. The highest BCUT2D eigenvalue weighted by atomic mass is 35.5. The van der Waals surface area contributed by atoms with Crippen molar-refractivity contribution in [2.75, 3.05) is 32.1 Å². The van der Waals surface area contributed by atoms with Gasteiger partial charge in [0.15, 0.2) is 0 Å². The van der Waals surface area contributed by atoms with Gasteiger partial charge in [-0.25, -0.2) is 8.42 Å². The molecule has 5 nitrogen and oxygen atoms in total. The van der Waals surface area contributed by atoms with Crippen molar-refractivity contribution in [2.24, 2.45) is 0 Å². The van der Waals surface area contributed by atoms with Gasteiger partial charge in [0.05, 0.1) is 4.90 Å². The van der Waals surface area contributed by atoms with Crippen LogP contribution < -0.4 is 0 Å². The van der Waals surface area contributed by atoms with Gasteiger partial charge in [-0.2, -0.15) is 4.31 Å². The normalized spacial score (nSPS) is 16.7. The Labute approximate surface area is 140 Å². The van der Waals surface area contributed by atoms with E-state index in [9.17, 15) is 13.2 Å². The van der Waals surface area contributed by atoms with Crippen LogP contribution in [0.25, 0.3) is 0 Å². The predicted molar refractivity (Wildman–Crippen MR) is 86.7 cm³/mol. The zero-order chi connectivity index (χ0) is 16.2. The van der Waals surface area contributed by atoms with Crippen LogP contribution in [-0.2, 0) is 14.8 Å². The lowest BCUT2D eigenvalue weighted by atomic mass is 10.2. The summed E-state index contributed by atoms with van der Waals surface area (Å²) in [5, 5.41) is 0.494. The molecule has 0 bridgehead atoms. The number of hydrogen-bond acceptors (Lipinski definition) is 3. The highest BCUT2D eigenvalue weighted by Gasteiger charge is 2.29. The molecule has 0 aliphatic carbocycles. The number of amides is 1. The number of nitrogens with zero attached hydrogens (tertiary/aromatic N) is 2. The van der Waals surface area contributed by atoms with Crippen molar-refractivity contribution in [1.29, 1.82) is 0 Å². The Morgan fingerprint density at radius 2 is 1.68 bits per heavy atom. The molecule has 0 N–H and O–H groups in total. The SMILES string of the molecule is O=C(CCCCl)N1CCN(S(=O)(=O)c2ccc(Cl)cc2)CC1. The Morgan fingerprint density at radius 3 is 2.23 bits per heavy atom. The first-order valence-corrected chi connectivity index (χ1v) is 9.40. The lowest BCUT2D eigenvalue weighted by Gasteiger charge is -2.34. The van der Waals surface area contributed by atoms with Crippen molar-refractivity contribution >= 4 is 39.1 Å². The topological polar surface area (TPSA) is 57.7 Å². The largest absolute Gasteiger partial charge is 0.340 e. The van der Waals surface area contributed by atoms with Gasteiger partial charge in [-0.05, 0) is 30.7 Å². The number of benzene rings is 1. The van der Waals surface area contributed by atoms with Gasteiger partial charge in [-0.15, -0.1) is 11.6 Å². The second kappa shape index (κ2) is 7.64. The van der Waals surface area contributed by atoms with Crippen molar-refractivity contribution in [2.45, 2.75) is 17.7 Å². The highest BCUT2D eigenvalue weighted by Crippen LogP contribution is 2.20. The van der Waals surface area contributed by atoms with E-state index in [1.165, 1.54) is 16.4 Å². The molecule has 0 atom stereocenters. The van der Waals surface area contributed by atoms with E-state index in [0.717, 1.165) is 0 Å². The summed E-state index contributed by atoms with van der Waals surface area (Å²) >= 11 is 11.4. The zero-order valence-electron chi connectivity index (χ0n) is 12.0. The molecule has 1 aromatic rings. The number of halogens is 2. The van der Waals surface area contributed by atoms with E-state index in [4.69, 9.17) is 23.2 Å². The summed E-state index contributed by atoms with van der Waals surface area (Å²) in [5.41, 5.74) is 0. The van der Waals surface area contributed by atoms with Crippen molar-refractivity contribution in [3.05, 3.63) is 29.3 Å². The van der Waals surface area contributed by atoms with Gasteiger partial charge in [0.1, 0.15) is 0 Å². The van der Waals surface area contributed by atoms with Crippen LogP contribution in [0, 0.1) is 0 Å². The van der Waals surface area contributed by atoms with E-state index in [2.05, 4.69) is 0 Å². The van der Waals surface area contributed by atoms with Crippen LogP contribution in [0.15, 0.2) is 29.2 Å². The lowest BCUT2D eigenvalue weighted by Crippen LogP contribution is -2.50. The summed E-state index contributed by atoms with van der Waals surface area (Å²) in [6, 6.07) is 6.10. The minimum Gasteiger partial charge on any atom is -0.340 e. The Hall–Kier alpha value is -0.820. The van der Waals surface area contributed by atoms with E-state index < -0.39 is 10.0 Å². The molecular weight excluding hydrogens is 347 g/mol. The summed E-state index contributed by atoms with van der Waals surface area (Å²) in [6.07, 6.45) is 1.05. The molecule has 0 spiro atoms. The zero-order valence-corrected chi connectivity index (χ0v) is 14.4. The van der Waals surface area contributed by atoms with Crippen molar-refractivity contribution in [1.82, 2.24) is 9.21 Å². The molecule has 0 unspecified atom stereocenters. The third-order valence-corrected chi connectivity index (χ3v) is 6.00. The van der Waals surface area contributed by atoms with E-state index in [0.29, 0.717) is 49.9 Å². The van der Waals surface area contributed by atoms with E-state index in [1.807, 2.05) is 0 Å². The monoisotopic (exact) mass is 364 g/mol. The first-order valence-electron chi connectivity index (χ1n) is 7.04. The van der Waals surface area contributed by atoms with E-state index in [1.54, 1.807) is 17.0 Å². The van der Waals surface area contributed by atoms with Crippen LogP contribution in [0.2, 0.25) is 5.02 Å². The number of sulfonamides is 1. The average Bonchev–Trinajstić information content (AvgIpc) is 2.53. The molecule has 1 fully saturated rings. The minimum absolute atomic E-state index is 0.0317. The molecule has 8 heteroatoms. The van der Waals surface area contributed by atoms with Gasteiger partial charge in [-0.3, -0.25) is 4.79 Å². The third-order valence-electron chi connectivity index (χ3n) is 3.57. The van der Waals surface area contributed by atoms with Crippen molar-refractivity contribution < 1.29 is 13.2 Å². The van der Waals surface area contributed by atoms with Gasteiger partial charge in [0.25, 0.3) is 0 Å². The predicted octanol–water partition coefficient (Wildman–Crippen LogP) is 2.19. The molecule has 1 saturated heterocycles. The Bertz CT molecular complexity index is 611. The van der Waals surface area contributed by atoms with Gasteiger partial charge < -0.3 is 4.90 Å². The molecule has 1 aliphatic heterocycles. The second-order valence-electron chi connectivity index (χ2n) is 5.03. The Balaban J connectivity index is 1.98. The summed E-state index contributed by atoms with van der Waals surface area (Å²) < 4.78 is 26.4. The number of hydrogen-bond donors (Lipinski definition) is 0. The van der Waals surface area contributed by atoms with Crippen molar-refractivity contribution in [3.63, 3.8) is 0 Å². The number of carbonyl (C=O) groups is 1. The third kappa shape index (κ3) is 4.13. The van der Waals surface area contributed by atoms with Gasteiger partial charge >= 0.3 is 0 Å². The number of rotatable bonds is 5. The molecule has 1 amide bonds. The van der Waals surface area contributed by atoms with Gasteiger partial charge in [0.2, 0.25) is 15.9 Å². The molecule has 1 aromatic carbocycles. The smallest absolute Gasteiger partial charge is 0.243 e. The maximum atomic E-state index is 12.5. The van der Waals surface area contributed by atoms with E-state index in [-0.39, 0.29) is 10.8 Å². The van der Waals surface area contributed by atoms with Crippen LogP contribution in [-0.4, -0.2) is 55.6 Å². The molecule has 0 radical (unpaired) electrons. The average molecular weight is 365 g/mol. The number of carbonyl (C=O) groups excluding carboxylic acids is 1. The molecule has 0 aromatic heterocycles. The molecule has 0 saturated carbocycles. The fourth-order valence-electron chi connectivity index (χ4n) is 2.31. The molecule has 122 valence electrons. The van der Waals surface area contributed by atoms with Gasteiger partial charge in [-0.1, -0.05) is 11.6 Å². The Kier molecular flexibility index (Phi) is 6.09. The maximum Gasteiger partial charge on any atom is 0.243 e. The fraction of sp³-hybridized carbons (Fsp3) is 0.500. The van der Waals surface area contributed by atoms with Crippen molar-refractivity contribution in [3.8, 4) is 0 Å². The summed E-state index contributed by atoms with van der Waals surface area (Å²) in [4.78, 5) is 13.8. The summed E-state index contributed by atoms with van der Waals surface area (Å²) in [5.74, 6) is 0.487. The minimum atomic E-state index is -3.53. The molecule has 22 heavy (non-hydrogen) atoms. The maximum absolute atomic E-state index is 12.5. The Morgan fingerprint density at radius 1 is 1.09 bits per heavy atom. The molecule has 1 aliphatic rings. The first-order chi connectivity index (χ1) is 10.4. The van der Waals surface area contributed by atoms with Crippen LogP contribution in [0.5, 0.6) is 0 Å². The summed E-state index contributed by atoms with van der Waals surface area (Å²) in [6.45, 7) is 1.43. The second-order valence-corrected chi connectivity index (χ2v) is 7.78. The van der Waals surface area contributed by atoms with Crippen LogP contribution in [0.4, 0.5) is 0 Å². The molecule has 1 heterocycles. The van der Waals surface area contributed by atoms with Crippen LogP contribution in [0.3, 0.4) is 0 Å². The number of alkyl halides is 1. The molecular formula is C14H18Cl2N2O3S. The number of piperazine rings is 1. The first kappa shape index (κ1) is 17.5. The molecule has 2 rings (SSSR count). The van der Waals surface area contributed by atoms with Crippen LogP contribution in [0.1, 0.15) is 12.8 Å². The standard InChI is InChI=1S/C14H18Cl2N2O3S/c15-7-1-2-14(19)17-8-10-18(11-9-17)22(20,21)13-5-3-12(16)4-6-13/h3-6H,1-2,7-11H2. The van der Waals surface area contributed by atoms with E-state index >= 15 is 0 Å². The fourth-order valence-corrected chi connectivity index (χ4v) is 3.99. The van der Waals surface area contributed by atoms with Gasteiger partial charge in [0, 0.05) is 43.5 Å². The highest BCUT2D eigenvalue weighted by molar-refractivity contribution is 7.89. The quantitative estimate of drug-likeness (QED) is 0.752. The lowest BCUT2D eigenvalue weighted by molar-refractivity contribution is -0.132. The van der Waals surface area contributed by atoms with Crippen LogP contribution >= 0.6 is 23.2 Å².